The van der Waals surface area contributed by atoms with Gasteiger partial charge in [0, 0.05) is 12.1 Å². The van der Waals surface area contributed by atoms with Crippen LogP contribution in [0.3, 0.4) is 0 Å². The van der Waals surface area contributed by atoms with E-state index >= 15 is 0 Å². The van der Waals surface area contributed by atoms with Crippen molar-refractivity contribution in [1.82, 2.24) is 10.2 Å². The molecule has 0 radical (unpaired) electrons. The summed E-state index contributed by atoms with van der Waals surface area (Å²) in [7, 11) is 0. The summed E-state index contributed by atoms with van der Waals surface area (Å²) in [6.07, 6.45) is 1.46. The number of amides is 1. The molecule has 0 spiro atoms. The number of carbonyl (C=O) groups is 2. The van der Waals surface area contributed by atoms with Crippen LogP contribution in [0.15, 0.2) is 24.3 Å². The van der Waals surface area contributed by atoms with Gasteiger partial charge in [-0.1, -0.05) is 37.6 Å². The number of carbonyl (C=O) groups excluding carboxylic acids is 1. The number of hydrogen-bond donors (Lipinski definition) is 2. The predicted octanol–water partition coefficient (Wildman–Crippen LogP) is 2.55. The summed E-state index contributed by atoms with van der Waals surface area (Å²) < 4.78 is 5.74. The summed E-state index contributed by atoms with van der Waals surface area (Å²) in [5, 5.41) is 12.4. The Hall–Kier alpha value is -1.79. The molecule has 1 unspecified atom stereocenters. The lowest BCUT2D eigenvalue weighted by molar-refractivity contribution is -0.140. The highest BCUT2D eigenvalue weighted by molar-refractivity contribution is 6.32. The van der Waals surface area contributed by atoms with E-state index in [-0.39, 0.29) is 24.5 Å². The van der Waals surface area contributed by atoms with Crippen molar-refractivity contribution in [3.63, 3.8) is 0 Å². The smallest absolute Gasteiger partial charge is 0.317 e. The standard InChI is InChI=1S/C18H25ClN2O4/c1-3-15(25-16-8-6-5-7-14(16)19)18(24)20-12-9-13(10-12)21(4-2)11-17(22)23/h5-8,12-13,15H,3-4,9-11H2,1-2H3,(H,20,24)(H,22,23). The van der Waals surface area contributed by atoms with Gasteiger partial charge in [0.1, 0.15) is 5.75 Å². The van der Waals surface area contributed by atoms with Crippen molar-refractivity contribution in [3.05, 3.63) is 29.3 Å². The number of nitrogens with zero attached hydrogens (tertiary/aromatic N) is 1. The Morgan fingerprint density at radius 1 is 1.36 bits per heavy atom. The van der Waals surface area contributed by atoms with Crippen molar-refractivity contribution in [2.75, 3.05) is 13.1 Å². The third kappa shape index (κ3) is 5.34. The summed E-state index contributed by atoms with van der Waals surface area (Å²) in [6, 6.07) is 7.34. The molecule has 138 valence electrons. The fourth-order valence-corrected chi connectivity index (χ4v) is 3.17. The van der Waals surface area contributed by atoms with E-state index in [9.17, 15) is 9.59 Å². The van der Waals surface area contributed by atoms with E-state index in [1.54, 1.807) is 18.2 Å². The van der Waals surface area contributed by atoms with Gasteiger partial charge < -0.3 is 15.2 Å². The third-order valence-electron chi connectivity index (χ3n) is 4.49. The van der Waals surface area contributed by atoms with E-state index in [0.717, 1.165) is 12.8 Å². The number of likely N-dealkylation sites (N-methyl/N-ethyl adjacent to an activating group) is 1. The molecule has 1 amide bonds. The van der Waals surface area contributed by atoms with Crippen LogP contribution in [-0.2, 0) is 9.59 Å². The van der Waals surface area contributed by atoms with E-state index in [0.29, 0.717) is 23.7 Å². The molecule has 0 heterocycles. The first kappa shape index (κ1) is 19.5. The number of hydrogen-bond acceptors (Lipinski definition) is 4. The van der Waals surface area contributed by atoms with Crippen LogP contribution in [0.5, 0.6) is 5.75 Å². The molecular formula is C18H25ClN2O4. The topological polar surface area (TPSA) is 78.9 Å². The average molecular weight is 369 g/mol. The van der Waals surface area contributed by atoms with Crippen LogP contribution in [0, 0.1) is 0 Å². The molecule has 1 aromatic rings. The summed E-state index contributed by atoms with van der Waals surface area (Å²) >= 11 is 6.08. The van der Waals surface area contributed by atoms with Crippen LogP contribution < -0.4 is 10.1 Å². The second-order valence-corrected chi connectivity index (χ2v) is 6.64. The van der Waals surface area contributed by atoms with Crippen LogP contribution in [0.25, 0.3) is 0 Å². The van der Waals surface area contributed by atoms with Crippen LogP contribution >= 0.6 is 11.6 Å². The van der Waals surface area contributed by atoms with E-state index in [4.69, 9.17) is 21.4 Å². The number of carboxylic acid groups (broad SMARTS) is 1. The monoisotopic (exact) mass is 368 g/mol. The van der Waals surface area contributed by atoms with Crippen molar-refractivity contribution in [2.45, 2.75) is 51.3 Å². The fraction of sp³-hybridized carbons (Fsp3) is 0.556. The van der Waals surface area contributed by atoms with Gasteiger partial charge in [0.25, 0.3) is 5.91 Å². The lowest BCUT2D eigenvalue weighted by atomic mass is 9.85. The van der Waals surface area contributed by atoms with Gasteiger partial charge in [0.05, 0.1) is 11.6 Å². The van der Waals surface area contributed by atoms with Crippen LogP contribution in [0.1, 0.15) is 33.1 Å². The first-order valence-corrected chi connectivity index (χ1v) is 8.99. The van der Waals surface area contributed by atoms with E-state index < -0.39 is 12.1 Å². The summed E-state index contributed by atoms with van der Waals surface area (Å²) in [5.74, 6) is -0.489. The second kappa shape index (κ2) is 9.06. The Bertz CT molecular complexity index is 604. The van der Waals surface area contributed by atoms with E-state index in [1.807, 2.05) is 24.8 Å². The number of benzene rings is 1. The maximum absolute atomic E-state index is 12.4. The van der Waals surface area contributed by atoms with Crippen molar-refractivity contribution >= 4 is 23.5 Å². The van der Waals surface area contributed by atoms with Gasteiger partial charge in [0.2, 0.25) is 0 Å². The second-order valence-electron chi connectivity index (χ2n) is 6.23. The van der Waals surface area contributed by atoms with Gasteiger partial charge in [-0.3, -0.25) is 14.5 Å². The van der Waals surface area contributed by atoms with Crippen LogP contribution in [-0.4, -0.2) is 53.2 Å². The number of nitrogens with one attached hydrogen (secondary N) is 1. The SMILES string of the molecule is CCC(Oc1ccccc1Cl)C(=O)NC1CC(N(CC)CC(=O)O)C1. The number of carboxylic acids is 1. The first-order valence-electron chi connectivity index (χ1n) is 8.62. The fourth-order valence-electron chi connectivity index (χ4n) is 2.99. The summed E-state index contributed by atoms with van der Waals surface area (Å²) in [5.41, 5.74) is 0. The third-order valence-corrected chi connectivity index (χ3v) is 4.80. The Balaban J connectivity index is 1.83. The minimum Gasteiger partial charge on any atom is -0.480 e. The zero-order valence-corrected chi connectivity index (χ0v) is 15.3. The molecule has 0 aromatic heterocycles. The average Bonchev–Trinajstić information content (AvgIpc) is 2.54. The largest absolute Gasteiger partial charge is 0.480 e. The molecular weight excluding hydrogens is 344 g/mol. The Kier molecular flexibility index (Phi) is 7.08. The van der Waals surface area contributed by atoms with Gasteiger partial charge in [-0.25, -0.2) is 0 Å². The molecule has 2 N–H and O–H groups in total. The molecule has 0 saturated heterocycles. The highest BCUT2D eigenvalue weighted by Crippen LogP contribution is 2.27. The van der Waals surface area contributed by atoms with E-state index in [2.05, 4.69) is 5.32 Å². The number of ether oxygens (including phenoxy) is 1. The van der Waals surface area contributed by atoms with Crippen molar-refractivity contribution in [3.8, 4) is 5.75 Å². The summed E-state index contributed by atoms with van der Waals surface area (Å²) in [6.45, 7) is 4.55. The lowest BCUT2D eigenvalue weighted by Crippen LogP contribution is -2.56. The summed E-state index contributed by atoms with van der Waals surface area (Å²) in [4.78, 5) is 25.2. The molecule has 1 fully saturated rings. The number of para-hydroxylation sites is 1. The predicted molar refractivity (Wildman–Crippen MR) is 96.0 cm³/mol. The number of aliphatic carboxylic acids is 1. The maximum atomic E-state index is 12.4. The van der Waals surface area contributed by atoms with Gasteiger partial charge in [0.15, 0.2) is 6.10 Å². The maximum Gasteiger partial charge on any atom is 0.317 e. The molecule has 25 heavy (non-hydrogen) atoms. The molecule has 1 aromatic carbocycles. The molecule has 7 heteroatoms. The molecule has 0 aliphatic heterocycles. The number of rotatable bonds is 9. The number of halogens is 1. The quantitative estimate of drug-likeness (QED) is 0.700. The van der Waals surface area contributed by atoms with Gasteiger partial charge in [-0.2, -0.15) is 0 Å². The van der Waals surface area contributed by atoms with Crippen LogP contribution in [0.4, 0.5) is 0 Å². The van der Waals surface area contributed by atoms with Crippen molar-refractivity contribution in [1.29, 1.82) is 0 Å². The molecule has 1 atom stereocenters. The highest BCUT2D eigenvalue weighted by Gasteiger charge is 2.35. The molecule has 0 bridgehead atoms. The molecule has 1 aliphatic carbocycles. The van der Waals surface area contributed by atoms with Gasteiger partial charge in [-0.15, -0.1) is 0 Å². The normalized spacial score (nSPS) is 20.6. The highest BCUT2D eigenvalue weighted by atomic mass is 35.5. The Morgan fingerprint density at radius 2 is 2.04 bits per heavy atom. The zero-order valence-electron chi connectivity index (χ0n) is 14.6. The Morgan fingerprint density at radius 3 is 2.60 bits per heavy atom. The first-order chi connectivity index (χ1) is 11.9. The minimum absolute atomic E-state index is 0.0367. The minimum atomic E-state index is -0.825. The molecule has 1 aliphatic rings. The Labute approximate surface area is 153 Å². The van der Waals surface area contributed by atoms with E-state index in [1.165, 1.54) is 0 Å². The van der Waals surface area contributed by atoms with Crippen molar-refractivity contribution in [2.24, 2.45) is 0 Å². The molecule has 2 rings (SSSR count). The molecule has 1 saturated carbocycles. The lowest BCUT2D eigenvalue weighted by Gasteiger charge is -2.42. The van der Waals surface area contributed by atoms with Gasteiger partial charge >= 0.3 is 5.97 Å². The van der Waals surface area contributed by atoms with Crippen LogP contribution in [0.2, 0.25) is 5.02 Å². The van der Waals surface area contributed by atoms with Gasteiger partial charge in [-0.05, 0) is 37.9 Å². The molecule has 6 nitrogen and oxygen atoms in total. The zero-order chi connectivity index (χ0) is 18.4. The van der Waals surface area contributed by atoms with Crippen molar-refractivity contribution < 1.29 is 19.4 Å².